The van der Waals surface area contributed by atoms with Crippen LogP contribution >= 0.6 is 0 Å². The van der Waals surface area contributed by atoms with Crippen LogP contribution in [-0.4, -0.2) is 8.07 Å². The predicted molar refractivity (Wildman–Crippen MR) is 66.8 cm³/mol. The lowest BCUT2D eigenvalue weighted by Crippen LogP contribution is -2.24. The van der Waals surface area contributed by atoms with Crippen molar-refractivity contribution in [2.75, 3.05) is 0 Å². The number of hydrogen-bond acceptors (Lipinski definition) is 0. The molecule has 0 aromatic heterocycles. The highest BCUT2D eigenvalue weighted by molar-refractivity contribution is 6.85. The van der Waals surface area contributed by atoms with Crippen LogP contribution in [0.3, 0.4) is 0 Å². The van der Waals surface area contributed by atoms with E-state index in [0.717, 1.165) is 5.92 Å². The van der Waals surface area contributed by atoms with Gasteiger partial charge in [-0.2, -0.15) is 0 Å². The topological polar surface area (TPSA) is 0 Å². The van der Waals surface area contributed by atoms with Crippen molar-refractivity contribution in [2.45, 2.75) is 51.7 Å². The molecule has 1 rings (SSSR count). The lowest BCUT2D eigenvalue weighted by Gasteiger charge is -2.21. The zero-order valence-corrected chi connectivity index (χ0v) is 10.8. The Hall–Kier alpha value is -0.483. The van der Waals surface area contributed by atoms with Gasteiger partial charge in [-0.1, -0.05) is 31.7 Å². The summed E-state index contributed by atoms with van der Waals surface area (Å²) in [6, 6.07) is 1.38. The summed E-state index contributed by atoms with van der Waals surface area (Å²) < 4.78 is 0. The summed E-state index contributed by atoms with van der Waals surface area (Å²) in [5.41, 5.74) is 3.43. The molecule has 0 aliphatic heterocycles. The number of hydrogen-bond donors (Lipinski definition) is 0. The highest BCUT2D eigenvalue weighted by Crippen LogP contribution is 2.25. The van der Waals surface area contributed by atoms with Gasteiger partial charge in [0.15, 0.2) is 0 Å². The Kier molecular flexibility index (Phi) is 4.48. The number of rotatable bonds is 3. The van der Waals surface area contributed by atoms with Gasteiger partial charge >= 0.3 is 0 Å². The molecule has 0 amide bonds. The van der Waals surface area contributed by atoms with Crippen molar-refractivity contribution < 1.29 is 0 Å². The Morgan fingerprint density at radius 2 is 2.14 bits per heavy atom. The molecule has 0 saturated heterocycles. The van der Waals surface area contributed by atoms with Gasteiger partial charge in [-0.15, -0.1) is 11.5 Å². The van der Waals surface area contributed by atoms with Crippen LogP contribution in [0, 0.1) is 17.4 Å². The molecule has 0 radical (unpaired) electrons. The molecule has 0 N–H and O–H groups in total. The van der Waals surface area contributed by atoms with E-state index in [4.69, 9.17) is 0 Å². The molecule has 0 nitrogen and oxygen atoms in total. The zero-order valence-electron chi connectivity index (χ0n) is 9.77. The Morgan fingerprint density at radius 3 is 2.71 bits per heavy atom. The molecule has 1 heteroatoms. The average Bonchev–Trinajstić information content (AvgIpc) is 2.17. The summed E-state index contributed by atoms with van der Waals surface area (Å²) in [6.45, 7) is 6.75. The van der Waals surface area contributed by atoms with Crippen molar-refractivity contribution >= 4 is 8.07 Å². The third-order valence-corrected chi connectivity index (χ3v) is 5.48. The minimum absolute atomic E-state index is 0.949. The summed E-state index contributed by atoms with van der Waals surface area (Å²) in [5.74, 6) is 4.04. The molecule has 0 heterocycles. The smallest absolute Gasteiger partial charge is 0.132 e. The lowest BCUT2D eigenvalue weighted by atomic mass is 9.92. The van der Waals surface area contributed by atoms with Crippen LogP contribution in [0.25, 0.3) is 0 Å². The standard InChI is InChI=1S/C13H22Si/c1-4-11-14(2,3)12-10-13-8-6-5-7-9-13/h5-6,13H,7-10,12H2,1-3H3. The SMILES string of the molecule is CC#C[Si](C)(C)CCC1CC=CCC1. The van der Waals surface area contributed by atoms with E-state index >= 15 is 0 Å². The van der Waals surface area contributed by atoms with Gasteiger partial charge in [0.2, 0.25) is 0 Å². The Labute approximate surface area is 89.8 Å². The summed E-state index contributed by atoms with van der Waals surface area (Å²) in [7, 11) is -1.17. The van der Waals surface area contributed by atoms with Crippen molar-refractivity contribution in [3.05, 3.63) is 12.2 Å². The predicted octanol–water partition coefficient (Wildman–Crippen LogP) is 4.00. The van der Waals surface area contributed by atoms with Crippen molar-refractivity contribution in [1.29, 1.82) is 0 Å². The molecule has 1 atom stereocenters. The second-order valence-corrected chi connectivity index (χ2v) is 9.47. The fourth-order valence-electron chi connectivity index (χ4n) is 2.08. The van der Waals surface area contributed by atoms with E-state index in [0.29, 0.717) is 0 Å². The molecule has 14 heavy (non-hydrogen) atoms. The van der Waals surface area contributed by atoms with Gasteiger partial charge in [0, 0.05) is 0 Å². The first kappa shape index (κ1) is 11.6. The van der Waals surface area contributed by atoms with Gasteiger partial charge in [0.1, 0.15) is 8.07 Å². The first-order valence-corrected chi connectivity index (χ1v) is 8.94. The van der Waals surface area contributed by atoms with Gasteiger partial charge in [0.25, 0.3) is 0 Å². The third-order valence-electron chi connectivity index (χ3n) is 3.02. The highest BCUT2D eigenvalue weighted by atomic mass is 28.3. The molecule has 0 saturated carbocycles. The first-order valence-electron chi connectivity index (χ1n) is 5.73. The van der Waals surface area contributed by atoms with Crippen LogP contribution in [0.2, 0.25) is 19.1 Å². The maximum atomic E-state index is 3.43. The summed E-state index contributed by atoms with van der Waals surface area (Å²) in [5, 5.41) is 0. The number of allylic oxidation sites excluding steroid dienone is 2. The quantitative estimate of drug-likeness (QED) is 0.372. The minimum Gasteiger partial charge on any atom is -0.132 e. The van der Waals surface area contributed by atoms with Crippen molar-refractivity contribution in [1.82, 2.24) is 0 Å². The van der Waals surface area contributed by atoms with E-state index in [1.807, 2.05) is 6.92 Å². The molecular formula is C13H22Si. The largest absolute Gasteiger partial charge is 0.132 e. The van der Waals surface area contributed by atoms with Gasteiger partial charge in [-0.05, 0) is 38.1 Å². The minimum atomic E-state index is -1.17. The van der Waals surface area contributed by atoms with Crippen LogP contribution in [0.1, 0.15) is 32.6 Å². The molecular weight excluding hydrogens is 184 g/mol. The van der Waals surface area contributed by atoms with Gasteiger partial charge in [0.05, 0.1) is 0 Å². The van der Waals surface area contributed by atoms with Crippen LogP contribution in [0.5, 0.6) is 0 Å². The third kappa shape index (κ3) is 4.15. The summed E-state index contributed by atoms with van der Waals surface area (Å²) in [4.78, 5) is 0. The van der Waals surface area contributed by atoms with Crippen LogP contribution < -0.4 is 0 Å². The summed E-state index contributed by atoms with van der Waals surface area (Å²) >= 11 is 0. The molecule has 1 aliphatic carbocycles. The van der Waals surface area contributed by atoms with E-state index in [1.54, 1.807) is 0 Å². The summed E-state index contributed by atoms with van der Waals surface area (Å²) in [6.07, 6.45) is 10.1. The van der Waals surface area contributed by atoms with Crippen LogP contribution in [-0.2, 0) is 0 Å². The van der Waals surface area contributed by atoms with E-state index in [-0.39, 0.29) is 0 Å². The van der Waals surface area contributed by atoms with Crippen molar-refractivity contribution in [3.8, 4) is 11.5 Å². The van der Waals surface area contributed by atoms with Crippen molar-refractivity contribution in [2.24, 2.45) is 5.92 Å². The molecule has 0 fully saturated rings. The molecule has 0 spiro atoms. The average molecular weight is 206 g/mol. The van der Waals surface area contributed by atoms with Gasteiger partial charge in [-0.25, -0.2) is 0 Å². The van der Waals surface area contributed by atoms with E-state index in [9.17, 15) is 0 Å². The molecule has 1 aliphatic rings. The molecule has 1 unspecified atom stereocenters. The molecule has 0 aromatic carbocycles. The van der Waals surface area contributed by atoms with Crippen LogP contribution in [0.4, 0.5) is 0 Å². The maximum Gasteiger partial charge on any atom is 0.132 e. The van der Waals surface area contributed by atoms with Crippen LogP contribution in [0.15, 0.2) is 12.2 Å². The van der Waals surface area contributed by atoms with E-state index in [1.165, 1.54) is 31.7 Å². The Balaban J connectivity index is 2.31. The maximum absolute atomic E-state index is 3.43. The zero-order chi connectivity index (χ0) is 10.4. The van der Waals surface area contributed by atoms with Gasteiger partial charge < -0.3 is 0 Å². The van der Waals surface area contributed by atoms with E-state index in [2.05, 4.69) is 36.7 Å². The Bertz CT molecular complexity index is 252. The second kappa shape index (κ2) is 5.41. The monoisotopic (exact) mass is 206 g/mol. The van der Waals surface area contributed by atoms with Crippen molar-refractivity contribution in [3.63, 3.8) is 0 Å². The normalized spacial score (nSPS) is 21.5. The fraction of sp³-hybridized carbons (Fsp3) is 0.692. The molecule has 0 bridgehead atoms. The first-order chi connectivity index (χ1) is 6.64. The van der Waals surface area contributed by atoms with E-state index < -0.39 is 8.07 Å². The fourth-order valence-corrected chi connectivity index (χ4v) is 4.02. The Morgan fingerprint density at radius 1 is 1.36 bits per heavy atom. The molecule has 0 aromatic rings. The van der Waals surface area contributed by atoms with Gasteiger partial charge in [-0.3, -0.25) is 0 Å². The lowest BCUT2D eigenvalue weighted by molar-refractivity contribution is 0.463. The second-order valence-electron chi connectivity index (χ2n) is 4.95. The molecule has 78 valence electrons. The highest BCUT2D eigenvalue weighted by Gasteiger charge is 2.20.